The monoisotopic (exact) mass is 392 g/mol. The molecule has 1 saturated heterocycles. The van der Waals surface area contributed by atoms with Crippen molar-refractivity contribution >= 4 is 33.2 Å². The molecule has 0 radical (unpaired) electrons. The zero-order valence-corrected chi connectivity index (χ0v) is 15.3. The second-order valence-electron chi connectivity index (χ2n) is 5.93. The average Bonchev–Trinajstić information content (AvgIpc) is 3.19. The van der Waals surface area contributed by atoms with E-state index in [2.05, 4.69) is 15.5 Å². The topological polar surface area (TPSA) is 126 Å². The van der Waals surface area contributed by atoms with Gasteiger partial charge in [0.05, 0.1) is 28.5 Å². The number of anilines is 1. The summed E-state index contributed by atoms with van der Waals surface area (Å²) in [6.07, 6.45) is 1.03. The van der Waals surface area contributed by atoms with Crippen molar-refractivity contribution in [1.29, 1.82) is 5.26 Å². The number of nitrogens with one attached hydrogen (secondary N) is 1. The van der Waals surface area contributed by atoms with Gasteiger partial charge in [0.1, 0.15) is 6.07 Å². The Morgan fingerprint density at radius 2 is 2.19 bits per heavy atom. The minimum absolute atomic E-state index is 0.00378. The molecule has 1 aliphatic rings. The lowest BCUT2D eigenvalue weighted by molar-refractivity contribution is -0.113. The molecule has 1 N–H and O–H groups in total. The Bertz CT molecular complexity index is 949. The number of nitrogens with zero attached hydrogens (tertiary/aromatic N) is 3. The molecule has 0 bridgehead atoms. The van der Waals surface area contributed by atoms with Gasteiger partial charge in [0.25, 0.3) is 5.22 Å². The Morgan fingerprint density at radius 3 is 2.92 bits per heavy atom. The van der Waals surface area contributed by atoms with Crippen LogP contribution >= 0.6 is 11.8 Å². The van der Waals surface area contributed by atoms with Gasteiger partial charge in [-0.05, 0) is 24.5 Å². The third kappa shape index (κ3) is 4.83. The quantitative estimate of drug-likeness (QED) is 0.735. The molecule has 1 atom stereocenters. The van der Waals surface area contributed by atoms with Crippen molar-refractivity contribution in [2.45, 2.75) is 18.1 Å². The van der Waals surface area contributed by atoms with E-state index in [0.717, 1.165) is 11.8 Å². The molecule has 0 saturated carbocycles. The molecule has 0 unspecified atom stereocenters. The molecule has 1 amide bonds. The van der Waals surface area contributed by atoms with Gasteiger partial charge in [-0.3, -0.25) is 4.79 Å². The van der Waals surface area contributed by atoms with Crippen LogP contribution in [0.15, 0.2) is 33.9 Å². The largest absolute Gasteiger partial charge is 0.416 e. The molecular weight excluding hydrogens is 376 g/mol. The first-order valence-electron chi connectivity index (χ1n) is 7.90. The lowest BCUT2D eigenvalue weighted by Crippen LogP contribution is -2.14. The molecule has 1 fully saturated rings. The van der Waals surface area contributed by atoms with Crippen LogP contribution in [-0.2, 0) is 21.1 Å². The van der Waals surface area contributed by atoms with Crippen LogP contribution in [-0.4, -0.2) is 41.8 Å². The molecule has 2 heterocycles. The Balaban J connectivity index is 1.50. The van der Waals surface area contributed by atoms with E-state index in [-0.39, 0.29) is 34.3 Å². The first-order chi connectivity index (χ1) is 12.4. The summed E-state index contributed by atoms with van der Waals surface area (Å²) in [5, 5.41) is 19.7. The van der Waals surface area contributed by atoms with Gasteiger partial charge in [-0.2, -0.15) is 5.26 Å². The normalized spacial score (nSPS) is 18.3. The number of rotatable bonds is 6. The molecule has 0 spiro atoms. The van der Waals surface area contributed by atoms with Crippen LogP contribution in [0.25, 0.3) is 0 Å². The Kier molecular flexibility index (Phi) is 5.58. The Hall–Kier alpha value is -2.38. The number of hydrogen-bond donors (Lipinski definition) is 1. The van der Waals surface area contributed by atoms with Gasteiger partial charge in [0, 0.05) is 6.42 Å². The maximum Gasteiger partial charge on any atom is 0.277 e. The summed E-state index contributed by atoms with van der Waals surface area (Å²) >= 11 is 1.09. The summed E-state index contributed by atoms with van der Waals surface area (Å²) < 4.78 is 28.4. The van der Waals surface area contributed by atoms with Crippen LogP contribution in [0.4, 0.5) is 5.69 Å². The summed E-state index contributed by atoms with van der Waals surface area (Å²) in [5.74, 6) is 0.503. The van der Waals surface area contributed by atoms with E-state index in [0.29, 0.717) is 30.0 Å². The van der Waals surface area contributed by atoms with Gasteiger partial charge >= 0.3 is 0 Å². The van der Waals surface area contributed by atoms with Gasteiger partial charge in [-0.25, -0.2) is 8.42 Å². The number of aromatic nitrogens is 2. The third-order valence-electron chi connectivity index (χ3n) is 3.89. The molecular formula is C16H16N4O4S2. The second kappa shape index (κ2) is 7.88. The van der Waals surface area contributed by atoms with Crippen LogP contribution in [0.2, 0.25) is 0 Å². The first-order valence-corrected chi connectivity index (χ1v) is 10.7. The highest BCUT2D eigenvalue weighted by molar-refractivity contribution is 7.99. The SMILES string of the molecule is N#Cc1ccccc1NC(=O)CSc1nnc(C[C@H]2CCS(=O)(=O)C2)o1. The van der Waals surface area contributed by atoms with Crippen molar-refractivity contribution in [2.24, 2.45) is 5.92 Å². The molecule has 10 heteroatoms. The van der Waals surface area contributed by atoms with Crippen molar-refractivity contribution in [3.05, 3.63) is 35.7 Å². The number of sulfone groups is 1. The summed E-state index contributed by atoms with van der Waals surface area (Å²) in [6, 6.07) is 8.74. The molecule has 1 aromatic carbocycles. The predicted octanol–water partition coefficient (Wildman–Crippen LogP) is 1.65. The first kappa shape index (κ1) is 18.4. The van der Waals surface area contributed by atoms with Crippen LogP contribution < -0.4 is 5.32 Å². The van der Waals surface area contributed by atoms with Crippen LogP contribution in [0, 0.1) is 17.2 Å². The second-order valence-corrected chi connectivity index (χ2v) is 9.08. The fraction of sp³-hybridized carbons (Fsp3) is 0.375. The van der Waals surface area contributed by atoms with E-state index >= 15 is 0 Å². The van der Waals surface area contributed by atoms with Crippen molar-refractivity contribution in [3.63, 3.8) is 0 Å². The lowest BCUT2D eigenvalue weighted by Gasteiger charge is -2.05. The van der Waals surface area contributed by atoms with E-state index in [9.17, 15) is 13.2 Å². The van der Waals surface area contributed by atoms with Gasteiger partial charge in [-0.15, -0.1) is 10.2 Å². The summed E-state index contributed by atoms with van der Waals surface area (Å²) in [5.41, 5.74) is 0.840. The maximum atomic E-state index is 12.0. The molecule has 3 rings (SSSR count). The number of thioether (sulfide) groups is 1. The van der Waals surface area contributed by atoms with Crippen LogP contribution in [0.3, 0.4) is 0 Å². The fourth-order valence-electron chi connectivity index (χ4n) is 2.66. The van der Waals surface area contributed by atoms with E-state index < -0.39 is 9.84 Å². The van der Waals surface area contributed by atoms with Gasteiger partial charge < -0.3 is 9.73 Å². The Labute approximate surface area is 154 Å². The van der Waals surface area contributed by atoms with Gasteiger partial charge in [0.15, 0.2) is 9.84 Å². The molecule has 1 aliphatic heterocycles. The summed E-state index contributed by atoms with van der Waals surface area (Å²) in [4.78, 5) is 12.0. The number of hydrogen-bond acceptors (Lipinski definition) is 8. The van der Waals surface area contributed by atoms with E-state index in [1.807, 2.05) is 6.07 Å². The molecule has 136 valence electrons. The molecule has 2 aromatic rings. The molecule has 26 heavy (non-hydrogen) atoms. The third-order valence-corrected chi connectivity index (χ3v) is 6.54. The minimum Gasteiger partial charge on any atom is -0.416 e. The lowest BCUT2D eigenvalue weighted by atomic mass is 10.1. The average molecular weight is 392 g/mol. The molecule has 8 nitrogen and oxygen atoms in total. The standard InChI is InChI=1S/C16H16N4O4S2/c17-8-12-3-1-2-4-13(12)18-14(21)9-25-16-20-19-15(24-16)7-11-5-6-26(22,23)10-11/h1-4,11H,5-7,9-10H2,(H,18,21)/t11-/m1/s1. The number of nitriles is 1. The van der Waals surface area contributed by atoms with Crippen molar-refractivity contribution in [1.82, 2.24) is 10.2 Å². The number of para-hydroxylation sites is 1. The zero-order chi connectivity index (χ0) is 18.6. The fourth-order valence-corrected chi connectivity index (χ4v) is 5.10. The maximum absolute atomic E-state index is 12.0. The number of carbonyl (C=O) groups excluding carboxylic acids is 1. The van der Waals surface area contributed by atoms with Crippen molar-refractivity contribution < 1.29 is 17.6 Å². The smallest absolute Gasteiger partial charge is 0.277 e. The molecule has 0 aliphatic carbocycles. The van der Waals surface area contributed by atoms with E-state index in [1.165, 1.54) is 0 Å². The number of benzene rings is 1. The highest BCUT2D eigenvalue weighted by Gasteiger charge is 2.29. The van der Waals surface area contributed by atoms with E-state index in [4.69, 9.17) is 9.68 Å². The number of amides is 1. The predicted molar refractivity (Wildman–Crippen MR) is 95.3 cm³/mol. The minimum atomic E-state index is -2.94. The number of carbonyl (C=O) groups is 1. The Morgan fingerprint density at radius 1 is 1.38 bits per heavy atom. The van der Waals surface area contributed by atoms with Crippen molar-refractivity contribution in [3.8, 4) is 6.07 Å². The molecule has 1 aromatic heterocycles. The van der Waals surface area contributed by atoms with Gasteiger partial charge in [0.2, 0.25) is 11.8 Å². The van der Waals surface area contributed by atoms with Crippen molar-refractivity contribution in [2.75, 3.05) is 22.6 Å². The highest BCUT2D eigenvalue weighted by Crippen LogP contribution is 2.24. The van der Waals surface area contributed by atoms with Gasteiger partial charge in [-0.1, -0.05) is 23.9 Å². The van der Waals surface area contributed by atoms with E-state index in [1.54, 1.807) is 24.3 Å². The highest BCUT2D eigenvalue weighted by atomic mass is 32.2. The summed E-state index contributed by atoms with van der Waals surface area (Å²) in [7, 11) is -2.94. The summed E-state index contributed by atoms with van der Waals surface area (Å²) in [6.45, 7) is 0. The van der Waals surface area contributed by atoms with Crippen LogP contribution in [0.1, 0.15) is 17.9 Å². The zero-order valence-electron chi connectivity index (χ0n) is 13.7. The van der Waals surface area contributed by atoms with Crippen LogP contribution in [0.5, 0.6) is 0 Å².